The van der Waals surface area contributed by atoms with Gasteiger partial charge in [-0.2, -0.15) is 0 Å². The largest absolute Gasteiger partial charge is 0.497 e. The highest BCUT2D eigenvalue weighted by Gasteiger charge is 2.30. The Kier molecular flexibility index (Phi) is 11.0. The Morgan fingerprint density at radius 1 is 1.05 bits per heavy atom. The monoisotopic (exact) mass is 543 g/mol. The Balaban J connectivity index is 1.71. The fourth-order valence-corrected chi connectivity index (χ4v) is 5.99. The van der Waals surface area contributed by atoms with E-state index in [1.165, 1.54) is 11.4 Å². The third-order valence-electron chi connectivity index (χ3n) is 7.07. The molecule has 3 rings (SSSR count). The minimum Gasteiger partial charge on any atom is -0.497 e. The molecule has 0 radical (unpaired) electrons. The first-order chi connectivity index (χ1) is 18.2. The lowest BCUT2D eigenvalue weighted by molar-refractivity contribution is -0.141. The summed E-state index contributed by atoms with van der Waals surface area (Å²) in [6, 6.07) is 16.4. The molecule has 1 aliphatic rings. The zero-order valence-corrected chi connectivity index (χ0v) is 23.6. The lowest BCUT2D eigenvalue weighted by Crippen LogP contribution is -2.52. The number of carbonyl (C=O) groups is 2. The zero-order valence-electron chi connectivity index (χ0n) is 22.8. The lowest BCUT2D eigenvalue weighted by Gasteiger charge is -2.32. The van der Waals surface area contributed by atoms with Crippen LogP contribution in [-0.4, -0.2) is 63.7 Å². The van der Waals surface area contributed by atoms with Gasteiger partial charge in [-0.1, -0.05) is 56.2 Å². The van der Waals surface area contributed by atoms with Crippen LogP contribution in [0, 0.1) is 0 Å². The summed E-state index contributed by atoms with van der Waals surface area (Å²) in [6.45, 7) is 2.50. The summed E-state index contributed by atoms with van der Waals surface area (Å²) in [6.07, 6.45) is 6.95. The van der Waals surface area contributed by atoms with Crippen LogP contribution in [0.25, 0.3) is 0 Å². The fraction of sp³-hybridized carbons (Fsp3) is 0.517. The molecule has 38 heavy (non-hydrogen) atoms. The summed E-state index contributed by atoms with van der Waals surface area (Å²) in [4.78, 5) is 28.5. The van der Waals surface area contributed by atoms with Gasteiger partial charge in [0.2, 0.25) is 21.8 Å². The maximum atomic E-state index is 13.5. The molecule has 0 bridgehead atoms. The number of nitrogens with one attached hydrogen (secondary N) is 1. The number of amides is 2. The van der Waals surface area contributed by atoms with Gasteiger partial charge in [-0.3, -0.25) is 13.9 Å². The van der Waals surface area contributed by atoms with E-state index >= 15 is 0 Å². The summed E-state index contributed by atoms with van der Waals surface area (Å²) in [5.41, 5.74) is 1.58. The van der Waals surface area contributed by atoms with Crippen LogP contribution in [0.4, 0.5) is 5.69 Å². The van der Waals surface area contributed by atoms with Crippen molar-refractivity contribution in [3.05, 3.63) is 60.2 Å². The topological polar surface area (TPSA) is 96.0 Å². The molecule has 0 spiro atoms. The molecule has 8 nitrogen and oxygen atoms in total. The van der Waals surface area contributed by atoms with E-state index < -0.39 is 16.1 Å². The standard InChI is InChI=1S/C29H41N3O5S/c1-4-27(29(34)30-24-14-8-9-15-24)31(21-19-23-12-6-5-7-13-23)28(33)18-11-20-32(38(3,35)36)25-16-10-17-26(22-25)37-2/h5-7,10,12-13,16-17,22,24,27H,4,8-9,11,14-15,18-21H2,1-3H3,(H,30,34)/t27-/m1/s1. The van der Waals surface area contributed by atoms with Crippen LogP contribution in [0.5, 0.6) is 5.75 Å². The van der Waals surface area contributed by atoms with Crippen LogP contribution < -0.4 is 14.4 Å². The van der Waals surface area contributed by atoms with Crippen LogP contribution in [-0.2, 0) is 26.0 Å². The summed E-state index contributed by atoms with van der Waals surface area (Å²) in [5, 5.41) is 3.16. The Morgan fingerprint density at radius 2 is 1.76 bits per heavy atom. The van der Waals surface area contributed by atoms with Crippen molar-refractivity contribution in [2.75, 3.05) is 30.8 Å². The van der Waals surface area contributed by atoms with Crippen molar-refractivity contribution >= 4 is 27.5 Å². The van der Waals surface area contributed by atoms with Crippen LogP contribution in [0.2, 0.25) is 0 Å². The van der Waals surface area contributed by atoms with Crippen LogP contribution in [0.3, 0.4) is 0 Å². The van der Waals surface area contributed by atoms with Crippen molar-refractivity contribution in [1.29, 1.82) is 0 Å². The molecule has 1 N–H and O–H groups in total. The average molecular weight is 544 g/mol. The molecular weight excluding hydrogens is 502 g/mol. The molecule has 0 aliphatic heterocycles. The minimum absolute atomic E-state index is 0.102. The number of rotatable bonds is 14. The molecule has 208 valence electrons. The molecule has 2 aromatic rings. The molecule has 0 unspecified atom stereocenters. The highest BCUT2D eigenvalue weighted by atomic mass is 32.2. The molecule has 0 aromatic heterocycles. The molecule has 0 heterocycles. The van der Waals surface area contributed by atoms with Crippen molar-refractivity contribution in [2.24, 2.45) is 0 Å². The van der Waals surface area contributed by atoms with Gasteiger partial charge in [-0.05, 0) is 49.8 Å². The number of carbonyl (C=O) groups excluding carboxylic acids is 2. The normalized spacial score (nSPS) is 14.6. The average Bonchev–Trinajstić information content (AvgIpc) is 3.41. The minimum atomic E-state index is -3.57. The first-order valence-corrected chi connectivity index (χ1v) is 15.3. The van der Waals surface area contributed by atoms with E-state index in [0.717, 1.165) is 37.5 Å². The highest BCUT2D eigenvalue weighted by molar-refractivity contribution is 7.92. The molecule has 1 atom stereocenters. The van der Waals surface area contributed by atoms with Crippen molar-refractivity contribution in [1.82, 2.24) is 10.2 Å². The number of hydrogen-bond acceptors (Lipinski definition) is 5. The number of sulfonamides is 1. The van der Waals surface area contributed by atoms with Crippen molar-refractivity contribution in [2.45, 2.75) is 70.4 Å². The molecule has 1 fully saturated rings. The van der Waals surface area contributed by atoms with E-state index in [-0.39, 0.29) is 30.8 Å². The number of benzene rings is 2. The Hall–Kier alpha value is -3.07. The molecule has 2 aromatic carbocycles. The Morgan fingerprint density at radius 3 is 2.39 bits per heavy atom. The number of ether oxygens (including phenoxy) is 1. The second kappa shape index (κ2) is 14.2. The van der Waals surface area contributed by atoms with Gasteiger partial charge >= 0.3 is 0 Å². The first kappa shape index (κ1) is 29.5. The van der Waals surface area contributed by atoms with E-state index in [9.17, 15) is 18.0 Å². The number of hydrogen-bond donors (Lipinski definition) is 1. The van der Waals surface area contributed by atoms with Gasteiger partial charge in [-0.25, -0.2) is 8.42 Å². The van der Waals surface area contributed by atoms with E-state index in [1.54, 1.807) is 29.2 Å². The summed E-state index contributed by atoms with van der Waals surface area (Å²) in [7, 11) is -2.04. The van der Waals surface area contributed by atoms with Gasteiger partial charge in [-0.15, -0.1) is 0 Å². The van der Waals surface area contributed by atoms with Crippen LogP contribution in [0.1, 0.15) is 57.4 Å². The molecule has 9 heteroatoms. The van der Waals surface area contributed by atoms with Gasteiger partial charge in [0.1, 0.15) is 11.8 Å². The summed E-state index contributed by atoms with van der Waals surface area (Å²) in [5.74, 6) is 0.307. The summed E-state index contributed by atoms with van der Waals surface area (Å²) < 4.78 is 31.6. The van der Waals surface area contributed by atoms with Crippen LogP contribution in [0.15, 0.2) is 54.6 Å². The molecule has 1 aliphatic carbocycles. The van der Waals surface area contributed by atoms with E-state index in [0.29, 0.717) is 37.2 Å². The second-order valence-corrected chi connectivity index (χ2v) is 11.8. The zero-order chi connectivity index (χ0) is 27.5. The van der Waals surface area contributed by atoms with Crippen molar-refractivity contribution in [3.8, 4) is 5.75 Å². The fourth-order valence-electron chi connectivity index (χ4n) is 5.03. The smallest absolute Gasteiger partial charge is 0.243 e. The number of methoxy groups -OCH3 is 1. The second-order valence-electron chi connectivity index (χ2n) is 9.88. The quantitative estimate of drug-likeness (QED) is 0.386. The van der Waals surface area contributed by atoms with E-state index in [4.69, 9.17) is 4.74 Å². The number of nitrogens with zero attached hydrogens (tertiary/aromatic N) is 2. The SMILES string of the molecule is CC[C@H](C(=O)NC1CCCC1)N(CCc1ccccc1)C(=O)CCCN(c1cccc(OC)c1)S(C)(=O)=O. The highest BCUT2D eigenvalue weighted by Crippen LogP contribution is 2.24. The molecule has 1 saturated carbocycles. The van der Waals surface area contributed by atoms with Crippen LogP contribution >= 0.6 is 0 Å². The molecule has 0 saturated heterocycles. The maximum Gasteiger partial charge on any atom is 0.243 e. The predicted molar refractivity (Wildman–Crippen MR) is 151 cm³/mol. The van der Waals surface area contributed by atoms with Crippen molar-refractivity contribution in [3.63, 3.8) is 0 Å². The number of anilines is 1. The maximum absolute atomic E-state index is 13.5. The Labute approximate surface area is 227 Å². The summed E-state index contributed by atoms with van der Waals surface area (Å²) >= 11 is 0. The van der Waals surface area contributed by atoms with E-state index in [2.05, 4.69) is 5.32 Å². The van der Waals surface area contributed by atoms with E-state index in [1.807, 2.05) is 37.3 Å². The first-order valence-electron chi connectivity index (χ1n) is 13.5. The van der Waals surface area contributed by atoms with Gasteiger partial charge in [0.05, 0.1) is 19.1 Å². The van der Waals surface area contributed by atoms with Gasteiger partial charge in [0.25, 0.3) is 0 Å². The third-order valence-corrected chi connectivity index (χ3v) is 8.26. The van der Waals surface area contributed by atoms with Crippen molar-refractivity contribution < 1.29 is 22.7 Å². The van der Waals surface area contributed by atoms with Gasteiger partial charge < -0.3 is 15.0 Å². The molecule has 2 amide bonds. The third kappa shape index (κ3) is 8.48. The van der Waals surface area contributed by atoms with Gasteiger partial charge in [0.15, 0.2) is 0 Å². The van der Waals surface area contributed by atoms with Gasteiger partial charge in [0, 0.05) is 31.6 Å². The molecular formula is C29H41N3O5S. The predicted octanol–water partition coefficient (Wildman–Crippen LogP) is 4.15. The Bertz CT molecular complexity index is 1150. The lowest BCUT2D eigenvalue weighted by atomic mass is 10.1.